The summed E-state index contributed by atoms with van der Waals surface area (Å²) in [6.07, 6.45) is 0. The molecule has 2 aromatic carbocycles. The fraction of sp³-hybridized carbons (Fsp3) is 0.190. The zero-order chi connectivity index (χ0) is 20.3. The molecular weight excluding hydrogens is 496 g/mol. The molecule has 0 amide bonds. The Labute approximate surface area is 178 Å². The summed E-state index contributed by atoms with van der Waals surface area (Å²) in [6, 6.07) is 13.0. The maximum absolute atomic E-state index is 13.8. The van der Waals surface area contributed by atoms with E-state index < -0.39 is 11.6 Å². The molecule has 0 N–H and O–H groups in total. The van der Waals surface area contributed by atoms with Crippen molar-refractivity contribution >= 4 is 31.9 Å². The van der Waals surface area contributed by atoms with Crippen LogP contribution in [0.3, 0.4) is 0 Å². The maximum Gasteiger partial charge on any atom is 0.269 e. The first-order valence-electron chi connectivity index (χ1n) is 8.49. The summed E-state index contributed by atoms with van der Waals surface area (Å²) < 4.78 is 34.3. The average Bonchev–Trinajstić information content (AvgIpc) is 2.68. The van der Waals surface area contributed by atoms with Gasteiger partial charge in [-0.3, -0.25) is 4.79 Å². The van der Waals surface area contributed by atoms with Gasteiger partial charge in [-0.1, -0.05) is 40.2 Å². The van der Waals surface area contributed by atoms with E-state index in [1.165, 1.54) is 12.1 Å². The molecule has 0 saturated heterocycles. The monoisotopic (exact) mass is 511 g/mol. The zero-order valence-electron chi connectivity index (χ0n) is 15.0. The van der Waals surface area contributed by atoms with Crippen molar-refractivity contribution in [3.8, 4) is 5.75 Å². The molecule has 0 aliphatic heterocycles. The Kier molecular flexibility index (Phi) is 6.67. The number of aromatic nitrogens is 1. The Bertz CT molecular complexity index is 1070. The summed E-state index contributed by atoms with van der Waals surface area (Å²) in [5.41, 5.74) is 2.83. The van der Waals surface area contributed by atoms with Crippen LogP contribution < -0.4 is 10.3 Å². The van der Waals surface area contributed by atoms with Gasteiger partial charge in [0.25, 0.3) is 5.56 Å². The minimum atomic E-state index is -0.687. The van der Waals surface area contributed by atoms with Crippen molar-refractivity contribution in [2.45, 2.75) is 25.4 Å². The van der Waals surface area contributed by atoms with Crippen molar-refractivity contribution in [1.29, 1.82) is 0 Å². The highest BCUT2D eigenvalue weighted by Crippen LogP contribution is 2.24. The van der Waals surface area contributed by atoms with E-state index in [1.54, 1.807) is 10.6 Å². The van der Waals surface area contributed by atoms with Crippen molar-refractivity contribution in [2.75, 3.05) is 0 Å². The smallest absolute Gasteiger partial charge is 0.269 e. The minimum Gasteiger partial charge on any atom is -0.487 e. The summed E-state index contributed by atoms with van der Waals surface area (Å²) in [5, 5.41) is 0.741. The highest BCUT2D eigenvalue weighted by molar-refractivity contribution is 9.10. The number of hydrogen-bond acceptors (Lipinski definition) is 2. The van der Waals surface area contributed by atoms with E-state index >= 15 is 0 Å². The van der Waals surface area contributed by atoms with Crippen LogP contribution in [0.2, 0.25) is 0 Å². The standard InChI is InChI=1S/C21H17Br2F2NO2/c1-13-7-19(28-12-16-5-6-17(24)9-18(16)25)20(23)21(27)26(13)11-15-4-2-3-14(8-15)10-22/h2-9H,10-12H2,1H3. The zero-order valence-corrected chi connectivity index (χ0v) is 18.2. The van der Waals surface area contributed by atoms with Gasteiger partial charge in [0.2, 0.25) is 0 Å². The Balaban J connectivity index is 1.84. The van der Waals surface area contributed by atoms with Gasteiger partial charge >= 0.3 is 0 Å². The third-order valence-electron chi connectivity index (χ3n) is 4.30. The number of halogens is 4. The molecule has 0 aliphatic carbocycles. The van der Waals surface area contributed by atoms with Crippen molar-refractivity contribution in [3.05, 3.63) is 97.4 Å². The Hall–Kier alpha value is -1.99. The second kappa shape index (κ2) is 9.01. The molecule has 0 bridgehead atoms. The van der Waals surface area contributed by atoms with E-state index in [4.69, 9.17) is 4.74 Å². The number of benzene rings is 2. The highest BCUT2D eigenvalue weighted by atomic mass is 79.9. The number of rotatable bonds is 6. The van der Waals surface area contributed by atoms with Crippen LogP contribution in [0, 0.1) is 18.6 Å². The van der Waals surface area contributed by atoms with Gasteiger partial charge in [-0.05, 0) is 46.1 Å². The third kappa shape index (κ3) is 4.70. The lowest BCUT2D eigenvalue weighted by Crippen LogP contribution is -2.24. The second-order valence-electron chi connectivity index (χ2n) is 6.33. The lowest BCUT2D eigenvalue weighted by atomic mass is 10.1. The molecular formula is C21H17Br2F2NO2. The van der Waals surface area contributed by atoms with Gasteiger partial charge in [-0.15, -0.1) is 0 Å². The van der Waals surface area contributed by atoms with Gasteiger partial charge in [-0.2, -0.15) is 0 Å². The van der Waals surface area contributed by atoms with Crippen molar-refractivity contribution in [3.63, 3.8) is 0 Å². The quantitative estimate of drug-likeness (QED) is 0.395. The van der Waals surface area contributed by atoms with E-state index in [1.807, 2.05) is 31.2 Å². The molecule has 28 heavy (non-hydrogen) atoms. The molecule has 1 heterocycles. The number of aryl methyl sites for hydroxylation is 1. The lowest BCUT2D eigenvalue weighted by molar-refractivity contribution is 0.296. The number of alkyl halides is 1. The predicted octanol–water partition coefficient (Wildman–Crippen LogP) is 5.72. The number of nitrogens with zero attached hydrogens (tertiary/aromatic N) is 1. The van der Waals surface area contributed by atoms with Crippen LogP contribution >= 0.6 is 31.9 Å². The van der Waals surface area contributed by atoms with Crippen LogP contribution in [0.15, 0.2) is 57.8 Å². The molecule has 1 aromatic heterocycles. The highest BCUT2D eigenvalue weighted by Gasteiger charge is 2.14. The van der Waals surface area contributed by atoms with Crippen LogP contribution in [-0.4, -0.2) is 4.57 Å². The number of hydrogen-bond donors (Lipinski definition) is 0. The Morgan fingerprint density at radius 1 is 1.07 bits per heavy atom. The van der Waals surface area contributed by atoms with E-state index in [2.05, 4.69) is 31.9 Å². The van der Waals surface area contributed by atoms with Crippen molar-refractivity contribution < 1.29 is 13.5 Å². The molecule has 7 heteroatoms. The summed E-state index contributed by atoms with van der Waals surface area (Å²) >= 11 is 6.72. The first kappa shape index (κ1) is 20.7. The topological polar surface area (TPSA) is 31.2 Å². The SMILES string of the molecule is Cc1cc(OCc2ccc(F)cc2F)c(Br)c(=O)n1Cc1cccc(CBr)c1. The first-order valence-corrected chi connectivity index (χ1v) is 10.4. The summed E-state index contributed by atoms with van der Waals surface area (Å²) in [5.74, 6) is -1.02. The molecule has 3 nitrogen and oxygen atoms in total. The van der Waals surface area contributed by atoms with E-state index in [-0.39, 0.29) is 22.2 Å². The van der Waals surface area contributed by atoms with Crippen LogP contribution in [0.4, 0.5) is 8.78 Å². The molecule has 3 rings (SSSR count). The number of pyridine rings is 1. The summed E-state index contributed by atoms with van der Waals surface area (Å²) in [4.78, 5) is 12.8. The van der Waals surface area contributed by atoms with Crippen LogP contribution in [0.1, 0.15) is 22.4 Å². The van der Waals surface area contributed by atoms with Gasteiger partial charge in [-0.25, -0.2) is 8.78 Å². The molecule has 0 spiro atoms. The molecule has 0 fully saturated rings. The van der Waals surface area contributed by atoms with Crippen LogP contribution in [0.25, 0.3) is 0 Å². The molecule has 0 atom stereocenters. The maximum atomic E-state index is 13.8. The van der Waals surface area contributed by atoms with Crippen molar-refractivity contribution in [2.24, 2.45) is 0 Å². The van der Waals surface area contributed by atoms with Crippen LogP contribution in [0.5, 0.6) is 5.75 Å². The van der Waals surface area contributed by atoms with Gasteiger partial charge in [0.15, 0.2) is 0 Å². The molecule has 0 aliphatic rings. The number of ether oxygens (including phenoxy) is 1. The average molecular weight is 513 g/mol. The second-order valence-corrected chi connectivity index (χ2v) is 7.69. The van der Waals surface area contributed by atoms with Gasteiger partial charge in [0, 0.05) is 28.7 Å². The van der Waals surface area contributed by atoms with Gasteiger partial charge in [0.05, 0.1) is 6.54 Å². The van der Waals surface area contributed by atoms with Crippen LogP contribution in [-0.2, 0) is 18.5 Å². The molecule has 0 radical (unpaired) electrons. The fourth-order valence-electron chi connectivity index (χ4n) is 2.80. The molecule has 0 unspecified atom stereocenters. The summed E-state index contributed by atoms with van der Waals surface area (Å²) in [6.45, 7) is 2.13. The van der Waals surface area contributed by atoms with E-state index in [9.17, 15) is 13.6 Å². The van der Waals surface area contributed by atoms with Crippen molar-refractivity contribution in [1.82, 2.24) is 4.57 Å². The molecule has 0 saturated carbocycles. The fourth-order valence-corrected chi connectivity index (χ4v) is 3.60. The lowest BCUT2D eigenvalue weighted by Gasteiger charge is -2.15. The van der Waals surface area contributed by atoms with Gasteiger partial charge < -0.3 is 9.30 Å². The third-order valence-corrected chi connectivity index (χ3v) is 5.68. The first-order chi connectivity index (χ1) is 13.4. The molecule has 3 aromatic rings. The van der Waals surface area contributed by atoms with E-state index in [0.717, 1.165) is 22.5 Å². The van der Waals surface area contributed by atoms with E-state index in [0.29, 0.717) is 18.0 Å². The molecule has 146 valence electrons. The van der Waals surface area contributed by atoms with Gasteiger partial charge in [0.1, 0.15) is 28.5 Å². The Morgan fingerprint density at radius 2 is 1.82 bits per heavy atom. The predicted molar refractivity (Wildman–Crippen MR) is 112 cm³/mol. The summed E-state index contributed by atoms with van der Waals surface area (Å²) in [7, 11) is 0. The minimum absolute atomic E-state index is 0.110. The largest absolute Gasteiger partial charge is 0.487 e. The Morgan fingerprint density at radius 3 is 2.54 bits per heavy atom. The normalized spacial score (nSPS) is 10.9.